The lowest BCUT2D eigenvalue weighted by atomic mass is 9.95. The third-order valence-corrected chi connectivity index (χ3v) is 15.4. The number of unbranched alkanes of at least 4 members (excludes halogenated alkanes) is 15. The average molecular weight is 1030 g/mol. The summed E-state index contributed by atoms with van der Waals surface area (Å²) in [5, 5.41) is 5.78. The van der Waals surface area contributed by atoms with Gasteiger partial charge in [0.25, 0.3) is 13.7 Å². The number of pyridine rings is 1. The molecular formula is C51H77N4O12P3. The molecule has 16 nitrogen and oxygen atoms in total. The lowest BCUT2D eigenvalue weighted by Crippen LogP contribution is -2.37. The van der Waals surface area contributed by atoms with Crippen LogP contribution in [-0.4, -0.2) is 86.3 Å². The lowest BCUT2D eigenvalue weighted by Gasteiger charge is -2.27. The Labute approximate surface area is 416 Å². The predicted octanol–water partition coefficient (Wildman–Crippen LogP) is 11.7. The molecule has 70 heavy (non-hydrogen) atoms. The number of aryl methyl sites for hydroxylation is 2. The summed E-state index contributed by atoms with van der Waals surface area (Å²) in [7, 11) is -6.97. The zero-order chi connectivity index (χ0) is 51.0. The number of fused-ring (bicyclic) bond motifs is 1. The van der Waals surface area contributed by atoms with Crippen LogP contribution >= 0.6 is 23.4 Å². The van der Waals surface area contributed by atoms with E-state index in [1.54, 1.807) is 24.3 Å². The van der Waals surface area contributed by atoms with Gasteiger partial charge in [0.05, 0.1) is 52.7 Å². The van der Waals surface area contributed by atoms with Gasteiger partial charge in [-0.1, -0.05) is 133 Å². The number of hydrogen-bond acceptors (Lipinski definition) is 11. The number of carbonyl (C=O) groups excluding carboxylic acids is 1. The molecule has 3 atom stereocenters. The quantitative estimate of drug-likeness (QED) is 0.0189. The van der Waals surface area contributed by atoms with Crippen molar-refractivity contribution in [3.8, 4) is 5.75 Å². The summed E-state index contributed by atoms with van der Waals surface area (Å²) in [6, 6.07) is 21.7. The van der Waals surface area contributed by atoms with Crippen LogP contribution in [0.4, 0.5) is 5.69 Å². The summed E-state index contributed by atoms with van der Waals surface area (Å²) < 4.78 is 63.1. The molecule has 3 unspecified atom stereocenters. The molecule has 0 saturated carbocycles. The highest BCUT2D eigenvalue weighted by Gasteiger charge is 2.35. The van der Waals surface area contributed by atoms with Crippen LogP contribution < -0.4 is 20.0 Å². The number of ether oxygens (including phenoxy) is 1. The molecule has 0 bridgehead atoms. The molecule has 0 aliphatic rings. The van der Waals surface area contributed by atoms with E-state index in [0.717, 1.165) is 66.2 Å². The average Bonchev–Trinajstić information content (AvgIpc) is 3.29. The fourth-order valence-electron chi connectivity index (χ4n) is 7.83. The Morgan fingerprint density at radius 2 is 1.27 bits per heavy atom. The zero-order valence-electron chi connectivity index (χ0n) is 41.9. The molecule has 0 radical (unpaired) electrons. The van der Waals surface area contributed by atoms with Crippen LogP contribution in [0.5, 0.6) is 5.75 Å². The van der Waals surface area contributed by atoms with Crippen LogP contribution in [-0.2, 0) is 38.0 Å². The van der Waals surface area contributed by atoms with Gasteiger partial charge in [0.1, 0.15) is 18.9 Å². The second-order valence-electron chi connectivity index (χ2n) is 18.7. The molecule has 0 saturated heterocycles. The Morgan fingerprint density at radius 3 is 1.87 bits per heavy atom. The molecule has 4 aromatic rings. The molecular weight excluding hydrogens is 953 g/mol. The van der Waals surface area contributed by atoms with Gasteiger partial charge < -0.3 is 38.3 Å². The fourth-order valence-corrected chi connectivity index (χ4v) is 10.8. The van der Waals surface area contributed by atoms with E-state index >= 15 is 0 Å². The molecule has 1 aromatic heterocycles. The number of nitrogens with one attached hydrogen (secondary N) is 2. The van der Waals surface area contributed by atoms with Crippen molar-refractivity contribution >= 4 is 51.5 Å². The van der Waals surface area contributed by atoms with Gasteiger partial charge in [-0.05, 0) is 84.8 Å². The summed E-state index contributed by atoms with van der Waals surface area (Å²) in [6.45, 7) is 6.42. The number of nitrogens with zero attached hydrogens (tertiary/aromatic N) is 2. The normalized spacial score (nSPS) is 14.4. The molecule has 0 fully saturated rings. The van der Waals surface area contributed by atoms with Gasteiger partial charge in [-0.15, -0.1) is 0 Å². The third kappa shape index (κ3) is 22.8. The minimum atomic E-state index is -5.07. The van der Waals surface area contributed by atoms with Gasteiger partial charge in [-0.25, -0.2) is 9.13 Å². The fraction of sp³-hybridized carbons (Fsp3) is 0.529. The van der Waals surface area contributed by atoms with E-state index in [9.17, 15) is 33.2 Å². The number of carbonyl (C=O) groups is 1. The van der Waals surface area contributed by atoms with E-state index in [1.165, 1.54) is 83.8 Å². The van der Waals surface area contributed by atoms with Crippen molar-refractivity contribution in [1.82, 2.24) is 10.3 Å². The number of likely N-dealkylation sites (N-methyl/N-ethyl adjacent to an activating group) is 1. The second kappa shape index (κ2) is 29.7. The standard InChI is InChI=1S/C51H77N4O12P3/c1-41-39-47(46-26-22-23-27-48(46)53-41)42(2)45-32-33-50(63-6)49(40-45)54-68(57,58)67-70(61,62)65-37-34-52-51(56)44-30-28-43(29-31-44)25-21-19-17-15-13-11-9-7-8-10-12-14-16-18-20-24-36-64-69(59,60)66-38-35-55(3,4)5/h22-23,26-33,39-40H,2,7-21,24-25,34-38H2,1,3-6H3,(H4-,52,54,56,57,58,59,60,61,62). The summed E-state index contributed by atoms with van der Waals surface area (Å²) in [5.74, 6) is -0.230. The first kappa shape index (κ1) is 58.8. The number of methoxy groups -OCH3 is 1. The highest BCUT2D eigenvalue weighted by Crippen LogP contribution is 2.60. The molecule has 388 valence electrons. The largest absolute Gasteiger partial charge is 0.756 e. The van der Waals surface area contributed by atoms with E-state index in [1.807, 2.05) is 70.5 Å². The summed E-state index contributed by atoms with van der Waals surface area (Å²) in [5.41, 5.74) is 5.16. The van der Waals surface area contributed by atoms with E-state index in [4.69, 9.17) is 18.3 Å². The topological polar surface area (TPSA) is 215 Å². The van der Waals surface area contributed by atoms with Gasteiger partial charge in [0.15, 0.2) is 0 Å². The van der Waals surface area contributed by atoms with Crippen LogP contribution in [0.1, 0.15) is 135 Å². The molecule has 19 heteroatoms. The Bertz CT molecular complexity index is 2400. The number of phosphoric ester groups is 2. The van der Waals surface area contributed by atoms with Crippen LogP contribution in [0.25, 0.3) is 16.5 Å². The van der Waals surface area contributed by atoms with Crippen molar-refractivity contribution in [3.05, 3.63) is 107 Å². The van der Waals surface area contributed by atoms with E-state index in [0.29, 0.717) is 27.7 Å². The van der Waals surface area contributed by atoms with Gasteiger partial charge in [0.2, 0.25) is 0 Å². The van der Waals surface area contributed by atoms with Crippen LogP contribution in [0.2, 0.25) is 0 Å². The number of phosphoric acid groups is 2. The zero-order valence-corrected chi connectivity index (χ0v) is 44.6. The Morgan fingerprint density at radius 1 is 0.714 bits per heavy atom. The number of hydrogen-bond donors (Lipinski definition) is 4. The molecule has 0 aliphatic heterocycles. The lowest BCUT2D eigenvalue weighted by molar-refractivity contribution is -0.870. The Kier molecular flexibility index (Phi) is 24.9. The van der Waals surface area contributed by atoms with Gasteiger partial charge in [-0.2, -0.15) is 4.31 Å². The van der Waals surface area contributed by atoms with Crippen molar-refractivity contribution in [2.75, 3.05) is 66.3 Å². The van der Waals surface area contributed by atoms with E-state index < -0.39 is 35.9 Å². The van der Waals surface area contributed by atoms with Crippen molar-refractivity contribution < 1.29 is 60.3 Å². The highest BCUT2D eigenvalue weighted by molar-refractivity contribution is 7.64. The molecule has 4 N–H and O–H groups in total. The summed E-state index contributed by atoms with van der Waals surface area (Å²) >= 11 is 0. The number of para-hydroxylation sites is 1. The summed E-state index contributed by atoms with van der Waals surface area (Å²) in [4.78, 5) is 50.1. The highest BCUT2D eigenvalue weighted by atomic mass is 31.3. The van der Waals surface area contributed by atoms with Gasteiger partial charge >= 0.3 is 15.6 Å². The number of rotatable bonds is 36. The molecule has 1 heterocycles. The minimum absolute atomic E-state index is 0.0125. The maximum Gasteiger partial charge on any atom is 0.480 e. The minimum Gasteiger partial charge on any atom is -0.756 e. The Balaban J connectivity index is 1.01. The number of amides is 1. The first-order valence-corrected chi connectivity index (χ1v) is 29.1. The van der Waals surface area contributed by atoms with Crippen LogP contribution in [0.15, 0.2) is 79.4 Å². The van der Waals surface area contributed by atoms with Crippen molar-refractivity contribution in [2.45, 2.75) is 116 Å². The molecule has 0 aliphatic carbocycles. The third-order valence-electron chi connectivity index (χ3n) is 11.7. The first-order chi connectivity index (χ1) is 33.3. The van der Waals surface area contributed by atoms with Crippen molar-refractivity contribution in [1.29, 1.82) is 0 Å². The van der Waals surface area contributed by atoms with E-state index in [-0.39, 0.29) is 31.2 Å². The second-order valence-corrected chi connectivity index (χ2v) is 23.2. The van der Waals surface area contributed by atoms with Gasteiger partial charge in [0, 0.05) is 23.2 Å². The smallest absolute Gasteiger partial charge is 0.480 e. The number of quaternary nitrogens is 1. The molecule has 3 aromatic carbocycles. The van der Waals surface area contributed by atoms with Crippen LogP contribution in [0.3, 0.4) is 0 Å². The predicted molar refractivity (Wildman–Crippen MR) is 277 cm³/mol. The number of anilines is 1. The molecule has 4 rings (SSSR count). The monoisotopic (exact) mass is 1030 g/mol. The maximum atomic E-state index is 13.1. The van der Waals surface area contributed by atoms with Gasteiger partial charge in [-0.3, -0.25) is 24.0 Å². The number of aromatic nitrogens is 1. The SMILES string of the molecule is C=C(c1ccc(OC)c(NP(=O)(O)OP(=O)(O)OCCNC(=O)c2ccc(CCCCCCCCCCCCCCCCCCOP(=O)([O-])OCC[N+](C)(C)C)cc2)c1)c1cc(C)nc2ccccc12. The summed E-state index contributed by atoms with van der Waals surface area (Å²) in [6.07, 6.45) is 19.7. The molecule has 1 amide bonds. The van der Waals surface area contributed by atoms with Crippen molar-refractivity contribution in [2.24, 2.45) is 0 Å². The number of benzene rings is 3. The maximum absolute atomic E-state index is 13.1. The van der Waals surface area contributed by atoms with E-state index in [2.05, 4.69) is 26.3 Å². The van der Waals surface area contributed by atoms with Crippen molar-refractivity contribution in [3.63, 3.8) is 0 Å². The van der Waals surface area contributed by atoms with Crippen LogP contribution in [0, 0.1) is 6.92 Å². The first-order valence-electron chi connectivity index (χ1n) is 24.6. The molecule has 0 spiro atoms. The Hall–Kier alpha value is -3.75.